The molecular weight excluding hydrogens is 249 g/mol. The van der Waals surface area contributed by atoms with Crippen molar-refractivity contribution in [2.75, 3.05) is 0 Å². The van der Waals surface area contributed by atoms with Crippen LogP contribution in [0.2, 0.25) is 10.3 Å². The molecule has 1 aromatic rings. The zero-order chi connectivity index (χ0) is 8.43. The van der Waals surface area contributed by atoms with Crippen LogP contribution in [0, 0.1) is 0 Å². The lowest BCUT2D eigenvalue weighted by molar-refractivity contribution is 1.09. The Morgan fingerprint density at radius 3 is 2.55 bits per heavy atom. The van der Waals surface area contributed by atoms with Crippen molar-refractivity contribution in [3.05, 3.63) is 28.0 Å². The molecule has 4 heteroatoms. The maximum atomic E-state index is 5.80. The van der Waals surface area contributed by atoms with Gasteiger partial charge in [-0.3, -0.25) is 0 Å². The average molecular weight is 255 g/mol. The van der Waals surface area contributed by atoms with Crippen molar-refractivity contribution in [2.45, 2.75) is 11.8 Å². The topological polar surface area (TPSA) is 12.9 Å². The molecule has 0 amide bonds. The number of pyridine rings is 1. The summed E-state index contributed by atoms with van der Waals surface area (Å²) in [6.45, 7) is 1.98. The van der Waals surface area contributed by atoms with E-state index in [9.17, 15) is 0 Å². The van der Waals surface area contributed by atoms with Gasteiger partial charge >= 0.3 is 0 Å². The predicted molar refractivity (Wildman–Crippen MR) is 51.6 cm³/mol. The number of halogens is 3. The van der Waals surface area contributed by atoms with Crippen LogP contribution in [0.1, 0.15) is 17.3 Å². The molecule has 1 unspecified atom stereocenters. The molecule has 1 aromatic heterocycles. The van der Waals surface area contributed by atoms with Crippen LogP contribution in [0.25, 0.3) is 0 Å². The molecule has 0 N–H and O–H groups in total. The van der Waals surface area contributed by atoms with Crippen LogP contribution in [0.15, 0.2) is 12.1 Å². The molecular formula is C7H6BrCl2N. The largest absolute Gasteiger partial charge is 0.224 e. The van der Waals surface area contributed by atoms with Gasteiger partial charge in [0, 0.05) is 10.4 Å². The first-order valence-corrected chi connectivity index (χ1v) is 4.74. The molecule has 0 bridgehead atoms. The van der Waals surface area contributed by atoms with E-state index in [1.165, 1.54) is 0 Å². The summed E-state index contributed by atoms with van der Waals surface area (Å²) >= 11 is 14.8. The van der Waals surface area contributed by atoms with Crippen LogP contribution in [0.3, 0.4) is 0 Å². The Bertz CT molecular complexity index is 263. The summed E-state index contributed by atoms with van der Waals surface area (Å²) in [4.78, 5) is 4.10. The van der Waals surface area contributed by atoms with Crippen molar-refractivity contribution in [3.8, 4) is 0 Å². The van der Waals surface area contributed by atoms with Gasteiger partial charge < -0.3 is 0 Å². The molecule has 0 fully saturated rings. The van der Waals surface area contributed by atoms with E-state index in [1.807, 2.05) is 13.0 Å². The van der Waals surface area contributed by atoms with Crippen LogP contribution in [-0.2, 0) is 0 Å². The van der Waals surface area contributed by atoms with Crippen LogP contribution in [-0.4, -0.2) is 4.98 Å². The highest BCUT2D eigenvalue weighted by molar-refractivity contribution is 9.09. The van der Waals surface area contributed by atoms with E-state index in [-0.39, 0.29) is 4.83 Å². The second-order valence-electron chi connectivity index (χ2n) is 2.13. The lowest BCUT2D eigenvalue weighted by Crippen LogP contribution is -1.88. The zero-order valence-corrected chi connectivity index (χ0v) is 8.91. The first-order valence-electron chi connectivity index (χ1n) is 3.07. The number of rotatable bonds is 1. The molecule has 1 heterocycles. The number of nitrogens with zero attached hydrogens (tertiary/aromatic N) is 1. The monoisotopic (exact) mass is 253 g/mol. The van der Waals surface area contributed by atoms with Crippen LogP contribution >= 0.6 is 39.1 Å². The van der Waals surface area contributed by atoms with Crippen molar-refractivity contribution in [2.24, 2.45) is 0 Å². The number of alkyl halides is 1. The van der Waals surface area contributed by atoms with Gasteiger partial charge in [0.05, 0.1) is 0 Å². The van der Waals surface area contributed by atoms with Gasteiger partial charge in [-0.1, -0.05) is 45.2 Å². The van der Waals surface area contributed by atoms with Gasteiger partial charge in [-0.05, 0) is 13.0 Å². The third-order valence-electron chi connectivity index (χ3n) is 1.27. The van der Waals surface area contributed by atoms with Gasteiger partial charge in [-0.25, -0.2) is 4.98 Å². The lowest BCUT2D eigenvalue weighted by atomic mass is 10.2. The van der Waals surface area contributed by atoms with E-state index in [1.54, 1.807) is 6.07 Å². The maximum Gasteiger partial charge on any atom is 0.135 e. The van der Waals surface area contributed by atoms with E-state index < -0.39 is 0 Å². The van der Waals surface area contributed by atoms with Crippen molar-refractivity contribution in [1.29, 1.82) is 0 Å². The van der Waals surface area contributed by atoms with E-state index in [0.717, 1.165) is 5.56 Å². The molecule has 0 radical (unpaired) electrons. The smallest absolute Gasteiger partial charge is 0.135 e. The van der Waals surface area contributed by atoms with Crippen molar-refractivity contribution >= 4 is 39.1 Å². The van der Waals surface area contributed by atoms with Crippen LogP contribution < -0.4 is 0 Å². The van der Waals surface area contributed by atoms with Crippen LogP contribution in [0.5, 0.6) is 0 Å². The lowest BCUT2D eigenvalue weighted by Gasteiger charge is -2.04. The van der Waals surface area contributed by atoms with E-state index in [4.69, 9.17) is 23.2 Å². The molecule has 1 nitrogen and oxygen atoms in total. The molecule has 0 saturated heterocycles. The minimum absolute atomic E-state index is 0.208. The Hall–Kier alpha value is 0.210. The third-order valence-corrected chi connectivity index (χ3v) is 2.28. The fraction of sp³-hybridized carbons (Fsp3) is 0.286. The first kappa shape index (κ1) is 9.30. The number of hydrogen-bond donors (Lipinski definition) is 0. The molecule has 60 valence electrons. The number of hydrogen-bond acceptors (Lipinski definition) is 1. The molecule has 0 spiro atoms. The summed E-state index contributed by atoms with van der Waals surface area (Å²) in [6.07, 6.45) is 0. The highest BCUT2D eigenvalue weighted by Crippen LogP contribution is 2.28. The second-order valence-corrected chi connectivity index (χ2v) is 4.25. The standard InChI is InChI=1S/C7H6BrCl2N/c1-4(8)5-2-3-6(9)11-7(5)10/h2-4H,1H3. The van der Waals surface area contributed by atoms with Crippen molar-refractivity contribution in [1.82, 2.24) is 4.98 Å². The summed E-state index contributed by atoms with van der Waals surface area (Å²) in [7, 11) is 0. The second kappa shape index (κ2) is 3.74. The fourth-order valence-electron chi connectivity index (χ4n) is 0.720. The molecule has 1 atom stereocenters. The highest BCUT2D eigenvalue weighted by Gasteiger charge is 2.06. The fourth-order valence-corrected chi connectivity index (χ4v) is 1.73. The molecule has 0 aliphatic carbocycles. The minimum Gasteiger partial charge on any atom is -0.224 e. The van der Waals surface area contributed by atoms with Gasteiger partial charge in [0.15, 0.2) is 0 Å². The molecule has 0 saturated carbocycles. The van der Waals surface area contributed by atoms with E-state index >= 15 is 0 Å². The normalized spacial score (nSPS) is 13.1. The average Bonchev–Trinajstić information content (AvgIpc) is 1.85. The summed E-state index contributed by atoms with van der Waals surface area (Å²) < 4.78 is 0. The highest BCUT2D eigenvalue weighted by atomic mass is 79.9. The Balaban J connectivity index is 3.09. The summed E-state index contributed by atoms with van der Waals surface area (Å²) in [5, 5.41) is 0.883. The molecule has 0 aliphatic heterocycles. The van der Waals surface area contributed by atoms with E-state index in [2.05, 4.69) is 20.9 Å². The van der Waals surface area contributed by atoms with Gasteiger partial charge in [-0.15, -0.1) is 0 Å². The third kappa shape index (κ3) is 2.32. The first-order chi connectivity index (χ1) is 5.11. The maximum absolute atomic E-state index is 5.80. The Morgan fingerprint density at radius 2 is 2.09 bits per heavy atom. The number of aromatic nitrogens is 1. The molecule has 1 rings (SSSR count). The molecule has 11 heavy (non-hydrogen) atoms. The Morgan fingerprint density at radius 1 is 1.45 bits per heavy atom. The SMILES string of the molecule is CC(Br)c1ccc(Cl)nc1Cl. The Labute approximate surface area is 83.9 Å². The molecule has 0 aliphatic rings. The van der Waals surface area contributed by atoms with E-state index in [0.29, 0.717) is 10.3 Å². The minimum atomic E-state index is 0.208. The Kier molecular flexibility index (Phi) is 3.16. The zero-order valence-electron chi connectivity index (χ0n) is 5.81. The van der Waals surface area contributed by atoms with Gasteiger partial charge in [0.25, 0.3) is 0 Å². The van der Waals surface area contributed by atoms with Crippen LogP contribution in [0.4, 0.5) is 0 Å². The van der Waals surface area contributed by atoms with Gasteiger partial charge in [0.2, 0.25) is 0 Å². The van der Waals surface area contributed by atoms with Crippen molar-refractivity contribution < 1.29 is 0 Å². The van der Waals surface area contributed by atoms with Gasteiger partial charge in [0.1, 0.15) is 10.3 Å². The quantitative estimate of drug-likeness (QED) is 0.548. The van der Waals surface area contributed by atoms with Crippen molar-refractivity contribution in [3.63, 3.8) is 0 Å². The molecule has 0 aromatic carbocycles. The van der Waals surface area contributed by atoms with Gasteiger partial charge in [-0.2, -0.15) is 0 Å². The summed E-state index contributed by atoms with van der Waals surface area (Å²) in [5.74, 6) is 0. The summed E-state index contributed by atoms with van der Waals surface area (Å²) in [6, 6.07) is 3.58. The summed E-state index contributed by atoms with van der Waals surface area (Å²) in [5.41, 5.74) is 0.955. The predicted octanol–water partition coefficient (Wildman–Crippen LogP) is 3.84.